The van der Waals surface area contributed by atoms with E-state index in [4.69, 9.17) is 4.74 Å². The van der Waals surface area contributed by atoms with Crippen LogP contribution in [-0.2, 0) is 11.2 Å². The van der Waals surface area contributed by atoms with Crippen molar-refractivity contribution >= 4 is 51.5 Å². The first-order valence-electron chi connectivity index (χ1n) is 9.54. The molecule has 2 aromatic rings. The second-order valence-electron chi connectivity index (χ2n) is 6.63. The van der Waals surface area contributed by atoms with E-state index in [1.807, 2.05) is 13.1 Å². The summed E-state index contributed by atoms with van der Waals surface area (Å²) in [5.41, 5.74) is 1.10. The van der Waals surface area contributed by atoms with Crippen LogP contribution in [0.25, 0.3) is 10.2 Å². The van der Waals surface area contributed by atoms with Gasteiger partial charge in [0.15, 0.2) is 5.96 Å². The maximum atomic E-state index is 5.79. The molecule has 0 aliphatic heterocycles. The fourth-order valence-corrected chi connectivity index (χ4v) is 3.86. The highest BCUT2D eigenvalue weighted by atomic mass is 127. The summed E-state index contributed by atoms with van der Waals surface area (Å²) in [4.78, 5) is 8.98. The Hall–Kier alpha value is -0.930. The van der Waals surface area contributed by atoms with Crippen LogP contribution in [0.2, 0.25) is 0 Å². The number of guanidine groups is 1. The first-order valence-corrected chi connectivity index (χ1v) is 10.4. The molecule has 0 saturated heterocycles. The van der Waals surface area contributed by atoms with Crippen LogP contribution in [0.1, 0.15) is 38.6 Å². The minimum atomic E-state index is 0. The first kappa shape index (κ1) is 24.1. The molecule has 152 valence electrons. The molecule has 0 aliphatic rings. The summed E-state index contributed by atoms with van der Waals surface area (Å²) in [5.74, 6) is 1.38. The van der Waals surface area contributed by atoms with Gasteiger partial charge in [0, 0.05) is 33.2 Å². The molecule has 1 aromatic carbocycles. The lowest BCUT2D eigenvalue weighted by Crippen LogP contribution is -2.39. The van der Waals surface area contributed by atoms with Crippen LogP contribution < -0.4 is 10.6 Å². The van der Waals surface area contributed by atoms with Crippen LogP contribution in [0.5, 0.6) is 0 Å². The third kappa shape index (κ3) is 8.31. The van der Waals surface area contributed by atoms with Crippen LogP contribution in [0.3, 0.4) is 0 Å². The van der Waals surface area contributed by atoms with Crippen LogP contribution in [0.15, 0.2) is 29.3 Å². The van der Waals surface area contributed by atoms with Crippen molar-refractivity contribution < 1.29 is 4.74 Å². The number of aliphatic imine (C=N–C) groups is 1. The van der Waals surface area contributed by atoms with Crippen molar-refractivity contribution in [2.75, 3.05) is 26.7 Å². The highest BCUT2D eigenvalue weighted by Gasteiger charge is 2.12. The molecule has 0 bridgehead atoms. The predicted molar refractivity (Wildman–Crippen MR) is 128 cm³/mol. The van der Waals surface area contributed by atoms with Gasteiger partial charge in [-0.05, 0) is 37.8 Å². The van der Waals surface area contributed by atoms with Gasteiger partial charge in [-0.3, -0.25) is 4.99 Å². The molecule has 1 unspecified atom stereocenters. The summed E-state index contributed by atoms with van der Waals surface area (Å²) < 4.78 is 7.05. The highest BCUT2D eigenvalue weighted by Crippen LogP contribution is 2.22. The first-order chi connectivity index (χ1) is 12.6. The average Bonchev–Trinajstić information content (AvgIpc) is 3.05. The quantitative estimate of drug-likeness (QED) is 0.217. The van der Waals surface area contributed by atoms with Crippen molar-refractivity contribution in [3.05, 3.63) is 29.3 Å². The lowest BCUT2D eigenvalue weighted by atomic mass is 10.0. The number of nitrogens with zero attached hydrogens (tertiary/aromatic N) is 2. The van der Waals surface area contributed by atoms with Crippen molar-refractivity contribution in [1.82, 2.24) is 15.6 Å². The van der Waals surface area contributed by atoms with Gasteiger partial charge in [-0.15, -0.1) is 35.3 Å². The van der Waals surface area contributed by atoms with E-state index in [9.17, 15) is 0 Å². The second-order valence-corrected chi connectivity index (χ2v) is 7.75. The molecule has 0 amide bonds. The summed E-state index contributed by atoms with van der Waals surface area (Å²) in [6.07, 6.45) is 3.30. The predicted octanol–water partition coefficient (Wildman–Crippen LogP) is 4.46. The van der Waals surface area contributed by atoms with Gasteiger partial charge >= 0.3 is 0 Å². The third-order valence-corrected chi connectivity index (χ3v) is 5.36. The number of aromatic nitrogens is 1. The molecule has 0 aliphatic carbocycles. The summed E-state index contributed by atoms with van der Waals surface area (Å²) >= 11 is 1.79. The Kier molecular flexibility index (Phi) is 11.9. The number of benzene rings is 1. The maximum Gasteiger partial charge on any atom is 0.190 e. The van der Waals surface area contributed by atoms with E-state index in [2.05, 4.69) is 59.6 Å². The summed E-state index contributed by atoms with van der Waals surface area (Å²) in [6, 6.07) is 8.31. The van der Waals surface area contributed by atoms with E-state index in [1.54, 1.807) is 11.3 Å². The normalized spacial score (nSPS) is 12.9. The minimum Gasteiger partial charge on any atom is -0.378 e. The summed E-state index contributed by atoms with van der Waals surface area (Å²) in [5, 5.41) is 7.96. The van der Waals surface area contributed by atoms with E-state index in [0.717, 1.165) is 50.4 Å². The van der Waals surface area contributed by atoms with Crippen LogP contribution in [0.4, 0.5) is 0 Å². The largest absolute Gasteiger partial charge is 0.378 e. The van der Waals surface area contributed by atoms with Gasteiger partial charge in [0.25, 0.3) is 0 Å². The van der Waals surface area contributed by atoms with Gasteiger partial charge in [0.1, 0.15) is 0 Å². The zero-order valence-corrected chi connectivity index (χ0v) is 20.0. The van der Waals surface area contributed by atoms with Gasteiger partial charge in [0.05, 0.1) is 21.3 Å². The Morgan fingerprint density at radius 2 is 1.96 bits per heavy atom. The molecule has 5 nitrogen and oxygen atoms in total. The van der Waals surface area contributed by atoms with Crippen molar-refractivity contribution in [1.29, 1.82) is 0 Å². The molecule has 2 rings (SSSR count). The molecule has 27 heavy (non-hydrogen) atoms. The second kappa shape index (κ2) is 13.3. The Morgan fingerprint density at radius 3 is 2.63 bits per heavy atom. The molecule has 0 radical (unpaired) electrons. The van der Waals surface area contributed by atoms with Gasteiger partial charge in [-0.2, -0.15) is 0 Å². The monoisotopic (exact) mass is 504 g/mol. The number of para-hydroxylation sites is 1. The Labute approximate surface area is 184 Å². The van der Waals surface area contributed by atoms with Crippen LogP contribution >= 0.6 is 35.3 Å². The number of ether oxygens (including phenoxy) is 1. The summed E-state index contributed by atoms with van der Waals surface area (Å²) in [6.45, 7) is 8.97. The Bertz CT molecular complexity index is 656. The van der Waals surface area contributed by atoms with Crippen molar-refractivity contribution in [2.45, 2.75) is 46.1 Å². The zero-order chi connectivity index (χ0) is 18.8. The SMILES string of the molecule is CCOC(CCNC(=NC)NCCCc1nc2ccccc2s1)C(C)C.I. The van der Waals surface area contributed by atoms with Crippen molar-refractivity contribution in [3.63, 3.8) is 0 Å². The standard InChI is InChI=1S/C20H32N4OS.HI/c1-5-25-17(15(2)3)12-14-23-20(21-4)22-13-8-11-19-24-16-9-6-7-10-18(16)26-19;/h6-7,9-10,15,17H,5,8,11-14H2,1-4H3,(H2,21,22,23);1H. The van der Waals surface area contributed by atoms with Crippen molar-refractivity contribution in [2.24, 2.45) is 10.9 Å². The highest BCUT2D eigenvalue weighted by molar-refractivity contribution is 14.0. The van der Waals surface area contributed by atoms with Gasteiger partial charge in [0.2, 0.25) is 0 Å². The van der Waals surface area contributed by atoms with E-state index >= 15 is 0 Å². The lowest BCUT2D eigenvalue weighted by Gasteiger charge is -2.21. The molecule has 0 spiro atoms. The third-order valence-electron chi connectivity index (χ3n) is 4.27. The topological polar surface area (TPSA) is 58.5 Å². The Morgan fingerprint density at radius 1 is 1.22 bits per heavy atom. The zero-order valence-electron chi connectivity index (χ0n) is 16.8. The number of aryl methyl sites for hydroxylation is 1. The van der Waals surface area contributed by atoms with E-state index in [-0.39, 0.29) is 24.0 Å². The number of nitrogens with one attached hydrogen (secondary N) is 2. The number of thiazole rings is 1. The van der Waals surface area contributed by atoms with Gasteiger partial charge in [-0.1, -0.05) is 26.0 Å². The number of hydrogen-bond acceptors (Lipinski definition) is 4. The number of halogens is 1. The molecule has 2 N–H and O–H groups in total. The number of hydrogen-bond donors (Lipinski definition) is 2. The fourth-order valence-electron chi connectivity index (χ4n) is 2.85. The van der Waals surface area contributed by atoms with E-state index in [0.29, 0.717) is 12.0 Å². The van der Waals surface area contributed by atoms with Gasteiger partial charge < -0.3 is 15.4 Å². The smallest absolute Gasteiger partial charge is 0.190 e. The molecule has 1 aromatic heterocycles. The molecule has 1 heterocycles. The number of fused-ring (bicyclic) bond motifs is 1. The van der Waals surface area contributed by atoms with Crippen LogP contribution in [0, 0.1) is 5.92 Å². The van der Waals surface area contributed by atoms with Crippen molar-refractivity contribution in [3.8, 4) is 0 Å². The van der Waals surface area contributed by atoms with E-state index < -0.39 is 0 Å². The minimum absolute atomic E-state index is 0. The molecule has 0 saturated carbocycles. The van der Waals surface area contributed by atoms with Crippen LogP contribution in [-0.4, -0.2) is 43.8 Å². The molecular formula is C20H33IN4OS. The number of rotatable bonds is 10. The maximum absolute atomic E-state index is 5.79. The molecular weight excluding hydrogens is 471 g/mol. The fraction of sp³-hybridized carbons (Fsp3) is 0.600. The lowest BCUT2D eigenvalue weighted by molar-refractivity contribution is 0.0258. The Balaban J connectivity index is 0.00000364. The molecule has 1 atom stereocenters. The van der Waals surface area contributed by atoms with Gasteiger partial charge in [-0.25, -0.2) is 4.98 Å². The summed E-state index contributed by atoms with van der Waals surface area (Å²) in [7, 11) is 1.81. The molecule has 7 heteroatoms. The molecule has 0 fully saturated rings. The average molecular weight is 504 g/mol. The van der Waals surface area contributed by atoms with E-state index in [1.165, 1.54) is 9.71 Å².